The Morgan fingerprint density at radius 3 is 2.50 bits per heavy atom. The highest BCUT2D eigenvalue weighted by Gasteiger charge is 2.53. The van der Waals surface area contributed by atoms with Gasteiger partial charge in [-0.2, -0.15) is 5.10 Å². The van der Waals surface area contributed by atoms with E-state index in [-0.39, 0.29) is 22.9 Å². The number of hydrogen-bond acceptors (Lipinski definition) is 4. The Bertz CT molecular complexity index is 1230. The van der Waals surface area contributed by atoms with Gasteiger partial charge in [0.05, 0.1) is 11.8 Å². The molecule has 0 aromatic carbocycles. The minimum absolute atomic E-state index is 0.0932. The second-order valence-electron chi connectivity index (χ2n) is 10.8. The first-order valence-corrected chi connectivity index (χ1v) is 12.2. The summed E-state index contributed by atoms with van der Waals surface area (Å²) in [7, 11) is 0. The number of furan rings is 1. The molecule has 32 heavy (non-hydrogen) atoms. The summed E-state index contributed by atoms with van der Waals surface area (Å²) in [6.07, 6.45) is 10.00. The van der Waals surface area contributed by atoms with E-state index in [4.69, 9.17) is 4.42 Å². The standard InChI is InChI=1S/C25H32N4O3/c1-4-19(29-24(31)21-10-22-20(5-6-32-22)28(21)15(3)27-29)23(30)26-14(2)25-11-16-7-17(12-25)9-18(8-16)13-25/h5-6,10,14,16-19H,4,7-9,11-13H2,1-3H3,(H,26,30)/t14-,16?,17?,18?,19+,25?/m1/s1. The van der Waals surface area contributed by atoms with Crippen LogP contribution in [-0.2, 0) is 4.79 Å². The summed E-state index contributed by atoms with van der Waals surface area (Å²) in [4.78, 5) is 26.8. The Balaban J connectivity index is 1.30. The largest absolute Gasteiger partial charge is 0.463 e. The fourth-order valence-electron chi connectivity index (χ4n) is 7.65. The smallest absolute Gasteiger partial charge is 0.291 e. The molecule has 2 atom stereocenters. The lowest BCUT2D eigenvalue weighted by atomic mass is 9.48. The van der Waals surface area contributed by atoms with Crippen LogP contribution in [0, 0.1) is 30.1 Å². The molecule has 4 aliphatic rings. The zero-order valence-corrected chi connectivity index (χ0v) is 19.1. The van der Waals surface area contributed by atoms with Gasteiger partial charge in [-0.1, -0.05) is 6.92 Å². The van der Waals surface area contributed by atoms with Crippen molar-refractivity contribution < 1.29 is 9.21 Å². The van der Waals surface area contributed by atoms with Gasteiger partial charge in [0.2, 0.25) is 5.91 Å². The van der Waals surface area contributed by atoms with Gasteiger partial charge in [-0.25, -0.2) is 4.68 Å². The number of nitrogens with one attached hydrogen (secondary N) is 1. The molecule has 3 aromatic rings. The molecule has 0 spiro atoms. The first-order valence-electron chi connectivity index (χ1n) is 12.2. The Hall–Kier alpha value is -2.57. The second kappa shape index (κ2) is 6.96. The molecule has 3 heterocycles. The van der Waals surface area contributed by atoms with Crippen LogP contribution in [0.15, 0.2) is 27.6 Å². The number of aryl methyl sites for hydroxylation is 1. The van der Waals surface area contributed by atoms with E-state index >= 15 is 0 Å². The maximum absolute atomic E-state index is 13.5. The first kappa shape index (κ1) is 20.1. The Morgan fingerprint density at radius 1 is 1.22 bits per heavy atom. The first-order chi connectivity index (χ1) is 15.4. The molecule has 0 aliphatic heterocycles. The highest BCUT2D eigenvalue weighted by molar-refractivity contribution is 5.83. The summed E-state index contributed by atoms with van der Waals surface area (Å²) in [6.45, 7) is 5.99. The molecule has 170 valence electrons. The molecule has 0 saturated heterocycles. The predicted molar refractivity (Wildman–Crippen MR) is 121 cm³/mol. The van der Waals surface area contributed by atoms with E-state index in [0.29, 0.717) is 23.3 Å². The highest BCUT2D eigenvalue weighted by atomic mass is 16.3. The van der Waals surface area contributed by atoms with Gasteiger partial charge in [0.25, 0.3) is 5.56 Å². The van der Waals surface area contributed by atoms with E-state index in [1.54, 1.807) is 16.7 Å². The Kier molecular flexibility index (Phi) is 4.37. The van der Waals surface area contributed by atoms with Crippen molar-refractivity contribution in [2.24, 2.45) is 23.2 Å². The number of carbonyl (C=O) groups is 1. The average Bonchev–Trinajstić information content (AvgIpc) is 3.32. The lowest BCUT2D eigenvalue weighted by Crippen LogP contribution is -2.56. The maximum atomic E-state index is 13.5. The number of aromatic nitrogens is 3. The van der Waals surface area contributed by atoms with Crippen molar-refractivity contribution in [1.82, 2.24) is 19.5 Å². The molecule has 3 aromatic heterocycles. The third-order valence-electron chi connectivity index (χ3n) is 8.77. The SMILES string of the molecule is CC[C@@H](C(=O)N[C@H](C)C12CC3CC(CC(C3)C1)C2)n1nc(C)n2c(cc3occc32)c1=O. The number of carbonyl (C=O) groups excluding carboxylic acids is 1. The van der Waals surface area contributed by atoms with E-state index in [0.717, 1.165) is 23.3 Å². The van der Waals surface area contributed by atoms with Gasteiger partial charge in [0.15, 0.2) is 5.58 Å². The number of rotatable bonds is 5. The van der Waals surface area contributed by atoms with Gasteiger partial charge in [0.1, 0.15) is 17.4 Å². The van der Waals surface area contributed by atoms with E-state index in [9.17, 15) is 9.59 Å². The molecule has 4 aliphatic carbocycles. The molecule has 4 bridgehead atoms. The van der Waals surface area contributed by atoms with Crippen LogP contribution >= 0.6 is 0 Å². The highest BCUT2D eigenvalue weighted by Crippen LogP contribution is 2.61. The molecule has 4 saturated carbocycles. The fraction of sp³-hybridized carbons (Fsp3) is 0.640. The van der Waals surface area contributed by atoms with Crippen molar-refractivity contribution >= 4 is 22.5 Å². The van der Waals surface area contributed by atoms with Crippen LogP contribution in [0.1, 0.15) is 70.7 Å². The van der Waals surface area contributed by atoms with Gasteiger partial charge in [-0.15, -0.1) is 0 Å². The summed E-state index contributed by atoms with van der Waals surface area (Å²) >= 11 is 0. The van der Waals surface area contributed by atoms with Crippen molar-refractivity contribution in [2.45, 2.75) is 77.8 Å². The van der Waals surface area contributed by atoms with Crippen LogP contribution < -0.4 is 10.9 Å². The summed E-state index contributed by atoms with van der Waals surface area (Å²) in [6, 6.07) is 3.07. The number of amides is 1. The van der Waals surface area contributed by atoms with Crippen molar-refractivity contribution in [3.05, 3.63) is 34.6 Å². The lowest BCUT2D eigenvalue weighted by molar-refractivity contribution is -0.129. The van der Waals surface area contributed by atoms with Crippen LogP contribution in [-0.4, -0.2) is 26.1 Å². The quantitative estimate of drug-likeness (QED) is 0.649. The van der Waals surface area contributed by atoms with E-state index in [1.165, 1.54) is 43.2 Å². The Labute approximate surface area is 187 Å². The van der Waals surface area contributed by atoms with E-state index in [1.807, 2.05) is 19.9 Å². The summed E-state index contributed by atoms with van der Waals surface area (Å²) in [5, 5.41) is 7.90. The lowest BCUT2D eigenvalue weighted by Gasteiger charge is -2.59. The minimum Gasteiger partial charge on any atom is -0.463 e. The fourth-order valence-corrected chi connectivity index (χ4v) is 7.65. The summed E-state index contributed by atoms with van der Waals surface area (Å²) < 4.78 is 8.67. The van der Waals surface area contributed by atoms with Gasteiger partial charge in [-0.3, -0.25) is 14.0 Å². The maximum Gasteiger partial charge on any atom is 0.291 e. The topological polar surface area (TPSA) is 81.5 Å². The van der Waals surface area contributed by atoms with Gasteiger partial charge >= 0.3 is 0 Å². The molecule has 7 nitrogen and oxygen atoms in total. The molecule has 0 unspecified atom stereocenters. The van der Waals surface area contributed by atoms with Gasteiger partial charge in [-0.05, 0) is 82.0 Å². The van der Waals surface area contributed by atoms with Crippen molar-refractivity contribution in [3.63, 3.8) is 0 Å². The van der Waals surface area contributed by atoms with Crippen LogP contribution in [0.4, 0.5) is 0 Å². The number of fused-ring (bicyclic) bond motifs is 3. The third-order valence-corrected chi connectivity index (χ3v) is 8.77. The normalized spacial score (nSPS) is 30.8. The van der Waals surface area contributed by atoms with Gasteiger partial charge < -0.3 is 9.73 Å². The molecular formula is C25H32N4O3. The Morgan fingerprint density at radius 2 is 1.88 bits per heavy atom. The number of nitrogens with zero attached hydrogens (tertiary/aromatic N) is 3. The molecule has 7 rings (SSSR count). The van der Waals surface area contributed by atoms with Crippen molar-refractivity contribution in [1.29, 1.82) is 0 Å². The number of hydrogen-bond donors (Lipinski definition) is 1. The van der Waals surface area contributed by atoms with E-state index in [2.05, 4.69) is 17.3 Å². The van der Waals surface area contributed by atoms with Crippen LogP contribution in [0.3, 0.4) is 0 Å². The van der Waals surface area contributed by atoms with Crippen LogP contribution in [0.25, 0.3) is 16.6 Å². The molecule has 0 radical (unpaired) electrons. The van der Waals surface area contributed by atoms with Gasteiger partial charge in [0, 0.05) is 18.2 Å². The zero-order chi connectivity index (χ0) is 22.2. The van der Waals surface area contributed by atoms with E-state index < -0.39 is 6.04 Å². The molecule has 7 heteroatoms. The monoisotopic (exact) mass is 436 g/mol. The summed E-state index contributed by atoms with van der Waals surface area (Å²) in [5.41, 5.74) is 1.94. The predicted octanol–water partition coefficient (Wildman–Crippen LogP) is 4.22. The summed E-state index contributed by atoms with van der Waals surface area (Å²) in [5.74, 6) is 3.08. The zero-order valence-electron chi connectivity index (χ0n) is 19.1. The second-order valence-corrected chi connectivity index (χ2v) is 10.8. The molecule has 4 fully saturated rings. The molecule has 1 amide bonds. The molecule has 1 N–H and O–H groups in total. The third kappa shape index (κ3) is 2.82. The van der Waals surface area contributed by atoms with Crippen LogP contribution in [0.2, 0.25) is 0 Å². The molecular weight excluding hydrogens is 404 g/mol. The average molecular weight is 437 g/mol. The van der Waals surface area contributed by atoms with Crippen molar-refractivity contribution in [3.8, 4) is 0 Å². The van der Waals surface area contributed by atoms with Crippen molar-refractivity contribution in [2.75, 3.05) is 0 Å². The minimum atomic E-state index is -0.622. The van der Waals surface area contributed by atoms with Crippen LogP contribution in [0.5, 0.6) is 0 Å².